The molecule has 0 saturated heterocycles. The minimum atomic E-state index is -0.0841. The maximum atomic E-state index is 12.1. The van der Waals surface area contributed by atoms with Crippen molar-refractivity contribution in [3.63, 3.8) is 0 Å². The summed E-state index contributed by atoms with van der Waals surface area (Å²) < 4.78 is 15.8. The third kappa shape index (κ3) is 3.34. The maximum absolute atomic E-state index is 12.1. The molecule has 0 fully saturated rings. The van der Waals surface area contributed by atoms with Crippen molar-refractivity contribution in [2.45, 2.75) is 13.8 Å². The van der Waals surface area contributed by atoms with Crippen molar-refractivity contribution in [3.8, 4) is 11.5 Å². The number of allylic oxidation sites excluding steroid dienone is 1. The molecule has 2 rings (SSSR count). The number of rotatable bonds is 5. The molecule has 0 aliphatic heterocycles. The van der Waals surface area contributed by atoms with Crippen molar-refractivity contribution in [3.05, 3.63) is 53.0 Å². The summed E-state index contributed by atoms with van der Waals surface area (Å²) in [7, 11) is 3.16. The molecule has 1 aromatic heterocycles. The molecule has 0 bridgehead atoms. The minimum absolute atomic E-state index is 0.0841. The van der Waals surface area contributed by atoms with Crippen LogP contribution in [-0.4, -0.2) is 20.0 Å². The van der Waals surface area contributed by atoms with E-state index in [1.54, 1.807) is 39.4 Å². The van der Waals surface area contributed by atoms with Gasteiger partial charge in [-0.15, -0.1) is 0 Å². The molecule has 1 aromatic carbocycles. The normalized spacial score (nSPS) is 10.9. The molecule has 0 spiro atoms. The molecule has 2 aromatic rings. The molecule has 4 nitrogen and oxygen atoms in total. The van der Waals surface area contributed by atoms with E-state index in [9.17, 15) is 4.79 Å². The third-order valence-corrected chi connectivity index (χ3v) is 3.14. The Hall–Kier alpha value is -2.49. The van der Waals surface area contributed by atoms with Gasteiger partial charge in [0.2, 0.25) is 0 Å². The van der Waals surface area contributed by atoms with Crippen LogP contribution in [0.3, 0.4) is 0 Å². The molecule has 0 aliphatic rings. The van der Waals surface area contributed by atoms with Gasteiger partial charge in [0.1, 0.15) is 11.5 Å². The van der Waals surface area contributed by atoms with Crippen LogP contribution in [0.1, 0.15) is 27.4 Å². The SMILES string of the molecule is COc1ccc(C=CC(=O)c2cc(C)oc2C)cc1OC. The Morgan fingerprint density at radius 1 is 1.10 bits per heavy atom. The van der Waals surface area contributed by atoms with Gasteiger partial charge < -0.3 is 13.9 Å². The zero-order chi connectivity index (χ0) is 15.4. The number of methoxy groups -OCH3 is 2. The Morgan fingerprint density at radius 2 is 1.81 bits per heavy atom. The molecular weight excluding hydrogens is 268 g/mol. The highest BCUT2D eigenvalue weighted by Crippen LogP contribution is 2.28. The molecule has 0 N–H and O–H groups in total. The molecule has 0 radical (unpaired) electrons. The molecule has 110 valence electrons. The summed E-state index contributed by atoms with van der Waals surface area (Å²) in [5.74, 6) is 2.56. The van der Waals surface area contributed by atoms with Crippen LogP contribution in [-0.2, 0) is 0 Å². The van der Waals surface area contributed by atoms with Crippen molar-refractivity contribution in [1.82, 2.24) is 0 Å². The van der Waals surface area contributed by atoms with E-state index >= 15 is 0 Å². The first-order valence-corrected chi connectivity index (χ1v) is 6.56. The summed E-state index contributed by atoms with van der Waals surface area (Å²) in [5, 5.41) is 0. The van der Waals surface area contributed by atoms with Crippen LogP contribution in [0.4, 0.5) is 0 Å². The highest BCUT2D eigenvalue weighted by atomic mass is 16.5. The first-order chi connectivity index (χ1) is 10.0. The van der Waals surface area contributed by atoms with E-state index in [0.717, 1.165) is 11.3 Å². The lowest BCUT2D eigenvalue weighted by molar-refractivity contribution is 0.104. The molecule has 0 amide bonds. The monoisotopic (exact) mass is 286 g/mol. The molecular formula is C17H18O4. The number of carbonyl (C=O) groups is 1. The van der Waals surface area contributed by atoms with Crippen molar-refractivity contribution in [2.75, 3.05) is 14.2 Å². The zero-order valence-corrected chi connectivity index (χ0v) is 12.6. The molecule has 0 atom stereocenters. The van der Waals surface area contributed by atoms with Gasteiger partial charge in [0.15, 0.2) is 17.3 Å². The zero-order valence-electron chi connectivity index (χ0n) is 12.6. The van der Waals surface area contributed by atoms with E-state index in [2.05, 4.69) is 0 Å². The maximum Gasteiger partial charge on any atom is 0.189 e. The summed E-state index contributed by atoms with van der Waals surface area (Å²) >= 11 is 0. The second-order valence-corrected chi connectivity index (χ2v) is 4.64. The molecule has 0 aliphatic carbocycles. The number of furan rings is 1. The number of hydrogen-bond acceptors (Lipinski definition) is 4. The van der Waals surface area contributed by atoms with Crippen molar-refractivity contribution in [2.24, 2.45) is 0 Å². The van der Waals surface area contributed by atoms with Crippen LogP contribution >= 0.6 is 0 Å². The number of hydrogen-bond donors (Lipinski definition) is 0. The molecule has 0 unspecified atom stereocenters. The van der Waals surface area contributed by atoms with Crippen molar-refractivity contribution < 1.29 is 18.7 Å². The van der Waals surface area contributed by atoms with Crippen LogP contribution in [0.25, 0.3) is 6.08 Å². The second-order valence-electron chi connectivity index (χ2n) is 4.64. The van der Waals surface area contributed by atoms with Gasteiger partial charge in [-0.25, -0.2) is 0 Å². The van der Waals surface area contributed by atoms with E-state index in [0.29, 0.717) is 22.8 Å². The smallest absolute Gasteiger partial charge is 0.189 e. The third-order valence-electron chi connectivity index (χ3n) is 3.14. The van der Waals surface area contributed by atoms with E-state index in [4.69, 9.17) is 13.9 Å². The van der Waals surface area contributed by atoms with E-state index in [1.807, 2.05) is 19.1 Å². The minimum Gasteiger partial charge on any atom is -0.493 e. The lowest BCUT2D eigenvalue weighted by Crippen LogP contribution is -1.94. The molecule has 1 heterocycles. The Labute approximate surface area is 124 Å². The summed E-state index contributed by atoms with van der Waals surface area (Å²) in [6, 6.07) is 7.22. The van der Waals surface area contributed by atoms with Gasteiger partial charge in [0, 0.05) is 0 Å². The van der Waals surface area contributed by atoms with Crippen LogP contribution in [0.15, 0.2) is 34.8 Å². The summed E-state index contributed by atoms with van der Waals surface area (Å²) in [6.07, 6.45) is 3.27. The summed E-state index contributed by atoms with van der Waals surface area (Å²) in [4.78, 5) is 12.1. The van der Waals surface area contributed by atoms with Gasteiger partial charge in [-0.05, 0) is 43.7 Å². The standard InChI is InChI=1S/C17H18O4/c1-11-9-14(12(2)21-11)15(18)7-5-13-6-8-16(19-3)17(10-13)20-4/h5-10H,1-4H3. The van der Waals surface area contributed by atoms with E-state index < -0.39 is 0 Å². The quantitative estimate of drug-likeness (QED) is 0.619. The lowest BCUT2D eigenvalue weighted by Gasteiger charge is -2.07. The van der Waals surface area contributed by atoms with Gasteiger partial charge in [-0.2, -0.15) is 0 Å². The van der Waals surface area contributed by atoms with Gasteiger partial charge in [-0.1, -0.05) is 12.1 Å². The number of ether oxygens (including phenoxy) is 2. The number of benzene rings is 1. The average Bonchev–Trinajstić information content (AvgIpc) is 2.83. The number of ketones is 1. The van der Waals surface area contributed by atoms with Gasteiger partial charge in [0.05, 0.1) is 19.8 Å². The Bertz CT molecular complexity index is 680. The van der Waals surface area contributed by atoms with Crippen molar-refractivity contribution in [1.29, 1.82) is 0 Å². The fraction of sp³-hybridized carbons (Fsp3) is 0.235. The van der Waals surface area contributed by atoms with Gasteiger partial charge >= 0.3 is 0 Å². The lowest BCUT2D eigenvalue weighted by atomic mass is 10.1. The van der Waals surface area contributed by atoms with Crippen LogP contribution in [0, 0.1) is 13.8 Å². The average molecular weight is 286 g/mol. The van der Waals surface area contributed by atoms with E-state index in [-0.39, 0.29) is 5.78 Å². The predicted octanol–water partition coefficient (Wildman–Crippen LogP) is 3.81. The fourth-order valence-electron chi connectivity index (χ4n) is 2.09. The first-order valence-electron chi connectivity index (χ1n) is 6.56. The molecule has 4 heteroatoms. The summed E-state index contributed by atoms with van der Waals surface area (Å²) in [6.45, 7) is 3.60. The Kier molecular flexibility index (Phi) is 4.48. The molecule has 21 heavy (non-hydrogen) atoms. The van der Waals surface area contributed by atoms with Crippen LogP contribution in [0.5, 0.6) is 11.5 Å². The molecule has 0 saturated carbocycles. The highest BCUT2D eigenvalue weighted by molar-refractivity contribution is 6.07. The Balaban J connectivity index is 2.21. The Morgan fingerprint density at radius 3 is 2.38 bits per heavy atom. The topological polar surface area (TPSA) is 48.7 Å². The van der Waals surface area contributed by atoms with Gasteiger partial charge in [0.25, 0.3) is 0 Å². The fourth-order valence-corrected chi connectivity index (χ4v) is 2.09. The van der Waals surface area contributed by atoms with E-state index in [1.165, 1.54) is 6.08 Å². The largest absolute Gasteiger partial charge is 0.493 e. The highest BCUT2D eigenvalue weighted by Gasteiger charge is 2.10. The first kappa shape index (κ1) is 14.9. The van der Waals surface area contributed by atoms with Crippen molar-refractivity contribution >= 4 is 11.9 Å². The van der Waals surface area contributed by atoms with Gasteiger partial charge in [-0.3, -0.25) is 4.79 Å². The van der Waals surface area contributed by atoms with Crippen LogP contribution < -0.4 is 9.47 Å². The second kappa shape index (κ2) is 6.31. The predicted molar refractivity (Wildman–Crippen MR) is 81.1 cm³/mol. The number of aryl methyl sites for hydroxylation is 2. The number of carbonyl (C=O) groups excluding carboxylic acids is 1. The van der Waals surface area contributed by atoms with Crippen LogP contribution in [0.2, 0.25) is 0 Å². The summed E-state index contributed by atoms with van der Waals surface area (Å²) in [5.41, 5.74) is 1.45.